The first-order chi connectivity index (χ1) is 11.2. The van der Waals surface area contributed by atoms with E-state index in [-0.39, 0.29) is 5.91 Å². The van der Waals surface area contributed by atoms with Crippen LogP contribution in [0.1, 0.15) is 15.2 Å². The fourth-order valence-electron chi connectivity index (χ4n) is 1.95. The largest absolute Gasteiger partial charge is 0.487 e. The van der Waals surface area contributed by atoms with Crippen LogP contribution in [0.4, 0.5) is 10.1 Å². The van der Waals surface area contributed by atoms with E-state index < -0.39 is 5.95 Å². The minimum Gasteiger partial charge on any atom is -0.487 e. The molecule has 1 aromatic carbocycles. The van der Waals surface area contributed by atoms with Crippen molar-refractivity contribution in [1.82, 2.24) is 4.98 Å². The average Bonchev–Trinajstić information content (AvgIpc) is 3.05. The van der Waals surface area contributed by atoms with Crippen LogP contribution in [0.25, 0.3) is 0 Å². The Labute approximate surface area is 136 Å². The molecule has 0 spiro atoms. The van der Waals surface area contributed by atoms with Gasteiger partial charge in [0.2, 0.25) is 5.95 Å². The van der Waals surface area contributed by atoms with Crippen molar-refractivity contribution in [3.8, 4) is 5.75 Å². The molecule has 0 atom stereocenters. The first kappa shape index (κ1) is 15.2. The number of ether oxygens (including phenoxy) is 1. The van der Waals surface area contributed by atoms with Gasteiger partial charge in [-0.15, -0.1) is 11.3 Å². The molecular formula is C17H13FN2O2S. The van der Waals surface area contributed by atoms with Gasteiger partial charge in [0.15, 0.2) is 0 Å². The second-order valence-electron chi connectivity index (χ2n) is 4.71. The molecule has 2 aromatic heterocycles. The SMILES string of the molecule is O=C(Nc1ccc(F)nc1)c1sccc1OCc1ccccc1. The molecular weight excluding hydrogens is 315 g/mol. The lowest BCUT2D eigenvalue weighted by Gasteiger charge is -2.08. The molecule has 0 fully saturated rings. The number of amides is 1. The molecule has 0 bridgehead atoms. The maximum absolute atomic E-state index is 12.8. The summed E-state index contributed by atoms with van der Waals surface area (Å²) in [6.07, 6.45) is 1.27. The van der Waals surface area contributed by atoms with E-state index in [0.29, 0.717) is 22.9 Å². The highest BCUT2D eigenvalue weighted by molar-refractivity contribution is 7.12. The summed E-state index contributed by atoms with van der Waals surface area (Å²) >= 11 is 1.28. The first-order valence-electron chi connectivity index (χ1n) is 6.89. The second-order valence-corrected chi connectivity index (χ2v) is 5.63. The van der Waals surface area contributed by atoms with E-state index in [1.165, 1.54) is 29.7 Å². The van der Waals surface area contributed by atoms with Crippen LogP contribution in [0.2, 0.25) is 0 Å². The number of carbonyl (C=O) groups is 1. The third-order valence-corrected chi connectivity index (χ3v) is 3.95. The Kier molecular flexibility index (Phi) is 4.63. The van der Waals surface area contributed by atoms with Crippen LogP contribution in [-0.4, -0.2) is 10.9 Å². The fourth-order valence-corrected chi connectivity index (χ4v) is 2.68. The summed E-state index contributed by atoms with van der Waals surface area (Å²) in [4.78, 5) is 16.3. The molecule has 0 aliphatic heterocycles. The smallest absolute Gasteiger partial charge is 0.269 e. The zero-order valence-electron chi connectivity index (χ0n) is 12.0. The number of pyridine rings is 1. The number of anilines is 1. The Bertz CT molecular complexity index is 788. The molecule has 0 aliphatic rings. The summed E-state index contributed by atoms with van der Waals surface area (Å²) in [7, 11) is 0. The number of benzene rings is 1. The fraction of sp³-hybridized carbons (Fsp3) is 0.0588. The predicted molar refractivity (Wildman–Crippen MR) is 87.2 cm³/mol. The number of hydrogen-bond donors (Lipinski definition) is 1. The summed E-state index contributed by atoms with van der Waals surface area (Å²) in [6.45, 7) is 0.385. The lowest BCUT2D eigenvalue weighted by molar-refractivity contribution is 0.102. The van der Waals surface area contributed by atoms with E-state index in [2.05, 4.69) is 10.3 Å². The molecule has 23 heavy (non-hydrogen) atoms. The van der Waals surface area contributed by atoms with E-state index in [1.54, 1.807) is 11.4 Å². The van der Waals surface area contributed by atoms with Crippen LogP contribution in [0.3, 0.4) is 0 Å². The van der Waals surface area contributed by atoms with E-state index >= 15 is 0 Å². The lowest BCUT2D eigenvalue weighted by Crippen LogP contribution is -2.12. The number of hydrogen-bond acceptors (Lipinski definition) is 4. The summed E-state index contributed by atoms with van der Waals surface area (Å²) in [6, 6.07) is 14.1. The number of thiophene rings is 1. The van der Waals surface area contributed by atoms with Gasteiger partial charge in [-0.05, 0) is 29.1 Å². The molecule has 3 rings (SSSR count). The lowest BCUT2D eigenvalue weighted by atomic mass is 10.2. The van der Waals surface area contributed by atoms with E-state index in [1.807, 2.05) is 30.3 Å². The van der Waals surface area contributed by atoms with Gasteiger partial charge in [-0.25, -0.2) is 4.98 Å². The Hall–Kier alpha value is -2.73. The molecule has 2 heterocycles. The van der Waals surface area contributed by atoms with E-state index in [4.69, 9.17) is 4.74 Å². The molecule has 3 aromatic rings. The quantitative estimate of drug-likeness (QED) is 0.717. The number of carbonyl (C=O) groups excluding carboxylic acids is 1. The molecule has 116 valence electrons. The highest BCUT2D eigenvalue weighted by atomic mass is 32.1. The van der Waals surface area contributed by atoms with Crippen molar-refractivity contribution in [3.05, 3.63) is 76.5 Å². The van der Waals surface area contributed by atoms with Crippen LogP contribution < -0.4 is 10.1 Å². The van der Waals surface area contributed by atoms with Gasteiger partial charge in [-0.1, -0.05) is 30.3 Å². The standard InChI is InChI=1S/C17H13FN2O2S/c18-15-7-6-13(10-19-15)20-17(21)16-14(8-9-23-16)22-11-12-4-2-1-3-5-12/h1-10H,11H2,(H,20,21). The number of rotatable bonds is 5. The van der Waals surface area contributed by atoms with E-state index in [0.717, 1.165) is 5.56 Å². The van der Waals surface area contributed by atoms with Crippen molar-refractivity contribution >= 4 is 22.9 Å². The van der Waals surface area contributed by atoms with Gasteiger partial charge in [-0.2, -0.15) is 4.39 Å². The molecule has 1 amide bonds. The molecule has 0 saturated carbocycles. The summed E-state index contributed by atoms with van der Waals surface area (Å²) in [5, 5.41) is 4.46. The number of nitrogens with one attached hydrogen (secondary N) is 1. The van der Waals surface area contributed by atoms with Gasteiger partial charge in [0.1, 0.15) is 17.2 Å². The number of halogens is 1. The van der Waals surface area contributed by atoms with Gasteiger partial charge < -0.3 is 10.1 Å². The topological polar surface area (TPSA) is 51.2 Å². The van der Waals surface area contributed by atoms with Crippen molar-refractivity contribution < 1.29 is 13.9 Å². The monoisotopic (exact) mass is 328 g/mol. The maximum atomic E-state index is 12.8. The van der Waals surface area contributed by atoms with Crippen molar-refractivity contribution in [3.63, 3.8) is 0 Å². The maximum Gasteiger partial charge on any atom is 0.269 e. The van der Waals surface area contributed by atoms with Gasteiger partial charge >= 0.3 is 0 Å². The molecule has 6 heteroatoms. The summed E-state index contributed by atoms with van der Waals surface area (Å²) in [5.41, 5.74) is 1.45. The van der Waals surface area contributed by atoms with Crippen molar-refractivity contribution in [2.45, 2.75) is 6.61 Å². The summed E-state index contributed by atoms with van der Waals surface area (Å²) < 4.78 is 18.5. The number of nitrogens with zero attached hydrogens (tertiary/aromatic N) is 1. The second kappa shape index (κ2) is 7.02. The first-order valence-corrected chi connectivity index (χ1v) is 7.77. The molecule has 0 aliphatic carbocycles. The van der Waals surface area contributed by atoms with Gasteiger partial charge in [0.05, 0.1) is 11.9 Å². The van der Waals surface area contributed by atoms with Gasteiger partial charge in [0.25, 0.3) is 5.91 Å². The molecule has 4 nitrogen and oxygen atoms in total. The molecule has 0 radical (unpaired) electrons. The third kappa shape index (κ3) is 3.92. The zero-order valence-corrected chi connectivity index (χ0v) is 12.8. The van der Waals surface area contributed by atoms with Crippen LogP contribution >= 0.6 is 11.3 Å². The van der Waals surface area contributed by atoms with Crippen LogP contribution in [0.15, 0.2) is 60.1 Å². The van der Waals surface area contributed by atoms with Crippen LogP contribution in [0, 0.1) is 5.95 Å². The average molecular weight is 328 g/mol. The van der Waals surface area contributed by atoms with Crippen LogP contribution in [0.5, 0.6) is 5.75 Å². The molecule has 0 saturated heterocycles. The molecule has 1 N–H and O–H groups in total. The minimum atomic E-state index is -0.592. The van der Waals surface area contributed by atoms with Gasteiger partial charge in [-0.3, -0.25) is 4.79 Å². The molecule has 0 unspecified atom stereocenters. The number of aromatic nitrogens is 1. The minimum absolute atomic E-state index is 0.309. The predicted octanol–water partition coefficient (Wildman–Crippen LogP) is 4.11. The van der Waals surface area contributed by atoms with Crippen LogP contribution in [-0.2, 0) is 6.61 Å². The Morgan fingerprint density at radius 2 is 2.00 bits per heavy atom. The summed E-state index contributed by atoms with van der Waals surface area (Å²) in [5.74, 6) is -0.381. The third-order valence-electron chi connectivity index (χ3n) is 3.06. The zero-order chi connectivity index (χ0) is 16.1. The van der Waals surface area contributed by atoms with Crippen molar-refractivity contribution in [1.29, 1.82) is 0 Å². The highest BCUT2D eigenvalue weighted by Gasteiger charge is 2.15. The van der Waals surface area contributed by atoms with Crippen molar-refractivity contribution in [2.75, 3.05) is 5.32 Å². The highest BCUT2D eigenvalue weighted by Crippen LogP contribution is 2.26. The van der Waals surface area contributed by atoms with E-state index in [9.17, 15) is 9.18 Å². The van der Waals surface area contributed by atoms with Gasteiger partial charge in [0, 0.05) is 0 Å². The Balaban J connectivity index is 1.67. The Morgan fingerprint density at radius 1 is 1.17 bits per heavy atom. The Morgan fingerprint density at radius 3 is 2.74 bits per heavy atom. The normalized spacial score (nSPS) is 10.3. The van der Waals surface area contributed by atoms with Crippen molar-refractivity contribution in [2.24, 2.45) is 0 Å².